The Bertz CT molecular complexity index is 3580. The molecule has 5 heterocycles. The van der Waals surface area contributed by atoms with Crippen LogP contribution in [0, 0.1) is 6.92 Å². The lowest BCUT2D eigenvalue weighted by Crippen LogP contribution is -2.62. The van der Waals surface area contributed by atoms with Crippen molar-refractivity contribution in [2.45, 2.75) is 12.3 Å². The van der Waals surface area contributed by atoms with Crippen LogP contribution in [0.3, 0.4) is 0 Å². The first-order valence-electron chi connectivity index (χ1n) is 21.0. The lowest BCUT2D eigenvalue weighted by atomic mass is 9.42. The third kappa shape index (κ3) is 3.92. The zero-order valence-electron chi connectivity index (χ0n) is 32.9. The Hall–Kier alpha value is -7.56. The van der Waals surface area contributed by atoms with Crippen LogP contribution >= 0.6 is 0 Å². The Morgan fingerprint density at radius 1 is 0.533 bits per heavy atom. The number of hydrogen-bond acceptors (Lipinski definition) is 2. The van der Waals surface area contributed by atoms with Crippen molar-refractivity contribution in [3.8, 4) is 28.1 Å². The summed E-state index contributed by atoms with van der Waals surface area (Å²) in [6.45, 7) is 2.20. The van der Waals surface area contributed by atoms with Gasteiger partial charge in [-0.3, -0.25) is 0 Å². The molecule has 0 spiro atoms. The summed E-state index contributed by atoms with van der Waals surface area (Å²) in [6, 6.07) is 72.1. The predicted molar refractivity (Wildman–Crippen MR) is 249 cm³/mol. The number of rotatable bonds is 3. The zero-order valence-corrected chi connectivity index (χ0v) is 32.9. The first kappa shape index (κ1) is 32.4. The average molecular weight is 763 g/mol. The van der Waals surface area contributed by atoms with Gasteiger partial charge in [0.2, 0.25) is 0 Å². The Labute approximate surface area is 347 Å². The number of furan rings is 1. The molecule has 0 amide bonds. The monoisotopic (exact) mass is 762 g/mol. The fourth-order valence-corrected chi connectivity index (χ4v) is 11.6. The molecule has 0 unspecified atom stereocenters. The maximum absolute atomic E-state index is 6.83. The van der Waals surface area contributed by atoms with Crippen molar-refractivity contribution in [3.05, 3.63) is 222 Å². The van der Waals surface area contributed by atoms with Gasteiger partial charge in [-0.2, -0.15) is 0 Å². The molecule has 3 aliphatic rings. The summed E-state index contributed by atoms with van der Waals surface area (Å²) in [4.78, 5) is 2.70. The van der Waals surface area contributed by atoms with E-state index in [1.54, 1.807) is 0 Å². The lowest BCUT2D eigenvalue weighted by molar-refractivity contribution is 0.632. The third-order valence-corrected chi connectivity index (χ3v) is 13.9. The average Bonchev–Trinajstić information content (AvgIpc) is 3.90. The van der Waals surface area contributed by atoms with E-state index >= 15 is 0 Å². The van der Waals surface area contributed by atoms with Gasteiger partial charge in [-0.15, -0.1) is 0 Å². The maximum atomic E-state index is 6.83. The first-order valence-corrected chi connectivity index (χ1v) is 21.0. The molecule has 0 saturated heterocycles. The molecule has 14 rings (SSSR count). The van der Waals surface area contributed by atoms with E-state index < -0.39 is 5.41 Å². The van der Waals surface area contributed by atoms with E-state index in [2.05, 4.69) is 210 Å². The number of anilines is 2. The fraction of sp³-hybridized carbons (Fsp3) is 0.0357. The van der Waals surface area contributed by atoms with Gasteiger partial charge in [0.15, 0.2) is 0 Å². The molecule has 0 saturated carbocycles. The minimum Gasteiger partial charge on any atom is -0.456 e. The Kier molecular flexibility index (Phi) is 6.24. The van der Waals surface area contributed by atoms with Crippen molar-refractivity contribution >= 4 is 72.7 Å². The highest BCUT2D eigenvalue weighted by molar-refractivity contribution is 6.94. The molecule has 0 radical (unpaired) electrons. The summed E-state index contributed by atoms with van der Waals surface area (Å²) in [5, 5.41) is 6.30. The van der Waals surface area contributed by atoms with Crippen molar-refractivity contribution < 1.29 is 4.42 Å². The van der Waals surface area contributed by atoms with Crippen molar-refractivity contribution in [1.29, 1.82) is 0 Å². The van der Waals surface area contributed by atoms with Gasteiger partial charge >= 0.3 is 6.85 Å². The van der Waals surface area contributed by atoms with Gasteiger partial charge in [-0.1, -0.05) is 164 Å². The maximum Gasteiger partial charge on any atom is 0.333 e. The standard InChI is InChI=1S/C56H35BN2O/c1-34-30-42-41-24-15-26-44-54(41)59(46-27-14-13-25-43(46)56(44,38-19-7-3-8-20-38)39-21-9-4-10-22-39)57-45-33-50-37(32-49(60-50)36-17-5-2-6-18-36)31-48(45)58-47-29-28-35-16-11-12-23-40(35)52(47)51(34)55(58)53(42)57/h2-33H,1H3. The quantitative estimate of drug-likeness (QED) is 0.167. The second-order valence-corrected chi connectivity index (χ2v) is 16.8. The van der Waals surface area contributed by atoms with E-state index in [0.29, 0.717) is 0 Å². The minimum absolute atomic E-state index is 0.129. The Morgan fingerprint density at radius 3 is 2.03 bits per heavy atom. The molecular formula is C56H35BN2O. The van der Waals surface area contributed by atoms with Gasteiger partial charge in [-0.05, 0) is 92.3 Å². The molecule has 0 atom stereocenters. The number of para-hydroxylation sites is 2. The summed E-state index contributed by atoms with van der Waals surface area (Å²) in [6.07, 6.45) is 0. The Morgan fingerprint density at radius 2 is 1.23 bits per heavy atom. The van der Waals surface area contributed by atoms with E-state index in [1.807, 2.05) is 0 Å². The molecule has 11 aromatic rings. The van der Waals surface area contributed by atoms with Crippen LogP contribution in [-0.4, -0.2) is 11.4 Å². The molecule has 60 heavy (non-hydrogen) atoms. The smallest absolute Gasteiger partial charge is 0.333 e. The van der Waals surface area contributed by atoms with E-state index in [-0.39, 0.29) is 6.85 Å². The number of hydrogen-bond donors (Lipinski definition) is 0. The minimum atomic E-state index is -0.557. The highest BCUT2D eigenvalue weighted by Gasteiger charge is 2.53. The number of aryl methyl sites for hydroxylation is 1. The molecule has 3 aliphatic heterocycles. The van der Waals surface area contributed by atoms with Gasteiger partial charge in [0, 0.05) is 44.3 Å². The first-order chi connectivity index (χ1) is 29.7. The highest BCUT2D eigenvalue weighted by atomic mass is 16.3. The van der Waals surface area contributed by atoms with Gasteiger partial charge in [-0.25, -0.2) is 0 Å². The molecule has 2 aromatic heterocycles. The third-order valence-electron chi connectivity index (χ3n) is 13.9. The van der Waals surface area contributed by atoms with E-state index in [1.165, 1.54) is 99.5 Å². The van der Waals surface area contributed by atoms with Crippen molar-refractivity contribution in [2.75, 3.05) is 4.81 Å². The summed E-state index contributed by atoms with van der Waals surface area (Å²) in [5.74, 6) is 0.880. The molecular weight excluding hydrogens is 727 g/mol. The van der Waals surface area contributed by atoms with Crippen molar-refractivity contribution in [3.63, 3.8) is 0 Å². The molecule has 3 nitrogen and oxygen atoms in total. The summed E-state index contributed by atoms with van der Waals surface area (Å²) < 4.78 is 9.42. The molecule has 0 fully saturated rings. The van der Waals surface area contributed by atoms with Gasteiger partial charge in [0.05, 0.1) is 16.4 Å². The number of benzene rings is 9. The van der Waals surface area contributed by atoms with Crippen LogP contribution in [0.4, 0.5) is 11.4 Å². The van der Waals surface area contributed by atoms with Crippen LogP contribution in [0.5, 0.6) is 0 Å². The van der Waals surface area contributed by atoms with E-state index in [0.717, 1.165) is 22.3 Å². The molecule has 0 bridgehead atoms. The number of nitrogens with zero attached hydrogens (tertiary/aromatic N) is 2. The van der Waals surface area contributed by atoms with Crippen LogP contribution in [-0.2, 0) is 5.41 Å². The van der Waals surface area contributed by atoms with E-state index in [4.69, 9.17) is 4.42 Å². The second-order valence-electron chi connectivity index (χ2n) is 16.8. The molecule has 9 aromatic carbocycles. The fourth-order valence-electron chi connectivity index (χ4n) is 11.6. The zero-order chi connectivity index (χ0) is 39.3. The van der Waals surface area contributed by atoms with Crippen molar-refractivity contribution in [2.24, 2.45) is 0 Å². The van der Waals surface area contributed by atoms with Crippen molar-refractivity contribution in [1.82, 2.24) is 4.57 Å². The van der Waals surface area contributed by atoms with Gasteiger partial charge in [0.1, 0.15) is 11.3 Å². The summed E-state index contributed by atoms with van der Waals surface area (Å²) >= 11 is 0. The highest BCUT2D eigenvalue weighted by Crippen LogP contribution is 2.60. The SMILES string of the molecule is Cc1cc2c3c4c1c1c5ccccc5ccc1n4-c1cc4cc(-c5ccccc5)oc4cc1B3N1c3ccccc3C(c3ccccc3)(c3ccccc3)c3cccc-2c31. The summed E-state index contributed by atoms with van der Waals surface area (Å²) in [5.41, 5.74) is 19.2. The molecule has 0 N–H and O–H groups in total. The number of fused-ring (bicyclic) bond motifs is 13. The number of aromatic nitrogens is 1. The van der Waals surface area contributed by atoms with Crippen LogP contribution in [0.25, 0.3) is 71.7 Å². The summed E-state index contributed by atoms with van der Waals surface area (Å²) in [7, 11) is 0. The van der Waals surface area contributed by atoms with E-state index in [9.17, 15) is 0 Å². The van der Waals surface area contributed by atoms with Crippen LogP contribution in [0.1, 0.15) is 27.8 Å². The largest absolute Gasteiger partial charge is 0.456 e. The second kappa shape index (κ2) is 11.6. The molecule has 278 valence electrons. The molecule has 0 aliphatic carbocycles. The van der Waals surface area contributed by atoms with Gasteiger partial charge < -0.3 is 13.8 Å². The Balaban J connectivity index is 1.18. The normalized spacial score (nSPS) is 14.2. The van der Waals surface area contributed by atoms with Gasteiger partial charge in [0.25, 0.3) is 0 Å². The van der Waals surface area contributed by atoms with Crippen LogP contribution < -0.4 is 15.7 Å². The molecule has 4 heteroatoms. The van der Waals surface area contributed by atoms with Crippen LogP contribution in [0.2, 0.25) is 0 Å². The predicted octanol–water partition coefficient (Wildman–Crippen LogP) is 12.6. The van der Waals surface area contributed by atoms with Crippen LogP contribution in [0.15, 0.2) is 199 Å². The topological polar surface area (TPSA) is 21.3 Å². The lowest BCUT2D eigenvalue weighted by Gasteiger charge is -2.51.